The summed E-state index contributed by atoms with van der Waals surface area (Å²) in [5.41, 5.74) is 0.979. The van der Waals surface area contributed by atoms with E-state index in [1.165, 1.54) is 18.3 Å². The maximum atomic E-state index is 12.0. The van der Waals surface area contributed by atoms with Gasteiger partial charge in [0.05, 0.1) is 22.9 Å². The zero-order valence-electron chi connectivity index (χ0n) is 13.5. The maximum Gasteiger partial charge on any atom is 0.307 e. The fraction of sp³-hybridized carbons (Fsp3) is 0.222. The number of esters is 1. The fourth-order valence-corrected chi connectivity index (χ4v) is 2.65. The van der Waals surface area contributed by atoms with Crippen LogP contribution in [0, 0.1) is 11.3 Å². The molecule has 0 saturated carbocycles. The van der Waals surface area contributed by atoms with Gasteiger partial charge >= 0.3 is 5.97 Å². The average molecular weight is 356 g/mol. The minimum atomic E-state index is -0.986. The lowest BCUT2D eigenvalue weighted by molar-refractivity contribution is -0.153. The van der Waals surface area contributed by atoms with Crippen molar-refractivity contribution < 1.29 is 19.1 Å². The van der Waals surface area contributed by atoms with E-state index in [2.05, 4.69) is 5.32 Å². The summed E-state index contributed by atoms with van der Waals surface area (Å²) < 4.78 is 5.04. The van der Waals surface area contributed by atoms with Crippen LogP contribution in [0.25, 0.3) is 0 Å². The number of rotatable bonds is 7. The van der Waals surface area contributed by atoms with E-state index < -0.39 is 18.0 Å². The first kappa shape index (κ1) is 18.4. The number of nitriles is 1. The van der Waals surface area contributed by atoms with Gasteiger partial charge in [-0.05, 0) is 42.6 Å². The summed E-state index contributed by atoms with van der Waals surface area (Å²) in [6, 6.07) is 11.8. The standard InChI is InChI=1S/C18H16N2O4S/c1-12(18(23)20-14-6-4-13(11-19)5-7-14)24-17(22)9-8-15(21)16-3-2-10-25-16/h2-7,10,12H,8-9H2,1H3,(H,20,23)/t12-/m0/s1. The number of ether oxygens (including phenoxy) is 1. The molecule has 0 fully saturated rings. The van der Waals surface area contributed by atoms with Crippen LogP contribution in [0.5, 0.6) is 0 Å². The number of ketones is 1. The molecule has 2 rings (SSSR count). The molecular formula is C18H16N2O4S. The lowest BCUT2D eigenvalue weighted by Crippen LogP contribution is -2.30. The summed E-state index contributed by atoms with van der Waals surface area (Å²) in [5.74, 6) is -1.21. The molecule has 1 aromatic carbocycles. The van der Waals surface area contributed by atoms with Gasteiger partial charge in [-0.2, -0.15) is 5.26 Å². The molecule has 128 valence electrons. The third-order valence-electron chi connectivity index (χ3n) is 3.31. The third-order valence-corrected chi connectivity index (χ3v) is 4.22. The molecule has 0 aliphatic heterocycles. The quantitative estimate of drug-likeness (QED) is 0.607. The summed E-state index contributed by atoms with van der Waals surface area (Å²) in [6.45, 7) is 1.46. The first-order chi connectivity index (χ1) is 12.0. The molecule has 1 atom stereocenters. The summed E-state index contributed by atoms with van der Waals surface area (Å²) in [7, 11) is 0. The number of anilines is 1. The number of thiophene rings is 1. The predicted octanol–water partition coefficient (Wildman–Crippen LogP) is 3.15. The van der Waals surface area contributed by atoms with Gasteiger partial charge in [0.2, 0.25) is 0 Å². The number of amides is 1. The molecule has 0 saturated heterocycles. The van der Waals surface area contributed by atoms with E-state index in [9.17, 15) is 14.4 Å². The summed E-state index contributed by atoms with van der Waals surface area (Å²) >= 11 is 1.32. The second-order valence-corrected chi connectivity index (χ2v) is 6.16. The molecule has 0 unspecified atom stereocenters. The van der Waals surface area contributed by atoms with Gasteiger partial charge in [0.15, 0.2) is 11.9 Å². The summed E-state index contributed by atoms with van der Waals surface area (Å²) in [4.78, 5) is 36.2. The van der Waals surface area contributed by atoms with Crippen LogP contribution >= 0.6 is 11.3 Å². The molecule has 25 heavy (non-hydrogen) atoms. The Morgan fingerprint density at radius 1 is 1.20 bits per heavy atom. The van der Waals surface area contributed by atoms with Crippen molar-refractivity contribution >= 4 is 34.7 Å². The first-order valence-electron chi connectivity index (χ1n) is 7.57. The van der Waals surface area contributed by atoms with Crippen LogP contribution in [-0.2, 0) is 14.3 Å². The van der Waals surface area contributed by atoms with Gasteiger partial charge in [-0.15, -0.1) is 11.3 Å². The molecule has 0 aliphatic rings. The highest BCUT2D eigenvalue weighted by Gasteiger charge is 2.19. The van der Waals surface area contributed by atoms with Crippen molar-refractivity contribution in [2.45, 2.75) is 25.9 Å². The average Bonchev–Trinajstić information content (AvgIpc) is 3.15. The van der Waals surface area contributed by atoms with E-state index in [-0.39, 0.29) is 18.6 Å². The third kappa shape index (κ3) is 5.55. The molecule has 1 heterocycles. The zero-order chi connectivity index (χ0) is 18.2. The Balaban J connectivity index is 1.78. The van der Waals surface area contributed by atoms with Gasteiger partial charge in [-0.25, -0.2) is 0 Å². The summed E-state index contributed by atoms with van der Waals surface area (Å²) in [6.07, 6.45) is -1.02. The predicted molar refractivity (Wildman–Crippen MR) is 93.2 cm³/mol. The topological polar surface area (TPSA) is 96.3 Å². The Morgan fingerprint density at radius 3 is 2.52 bits per heavy atom. The SMILES string of the molecule is C[C@H](OC(=O)CCC(=O)c1cccs1)C(=O)Nc1ccc(C#N)cc1. The molecule has 0 bridgehead atoms. The highest BCUT2D eigenvalue weighted by atomic mass is 32.1. The lowest BCUT2D eigenvalue weighted by atomic mass is 10.2. The molecule has 0 spiro atoms. The monoisotopic (exact) mass is 356 g/mol. The van der Waals surface area contributed by atoms with Crippen molar-refractivity contribution in [3.8, 4) is 6.07 Å². The van der Waals surface area contributed by atoms with Crippen LogP contribution in [0.15, 0.2) is 41.8 Å². The number of nitrogens with one attached hydrogen (secondary N) is 1. The van der Waals surface area contributed by atoms with E-state index in [1.54, 1.807) is 41.8 Å². The number of hydrogen-bond acceptors (Lipinski definition) is 6. The number of carbonyl (C=O) groups is 3. The molecule has 0 aliphatic carbocycles. The van der Waals surface area contributed by atoms with Gasteiger partial charge in [-0.3, -0.25) is 14.4 Å². The largest absolute Gasteiger partial charge is 0.453 e. The Labute approximate surface area is 149 Å². The maximum absolute atomic E-state index is 12.0. The van der Waals surface area contributed by atoms with Crippen molar-refractivity contribution in [2.24, 2.45) is 0 Å². The Kier molecular flexibility index (Phi) is 6.43. The molecule has 1 aromatic heterocycles. The zero-order valence-corrected chi connectivity index (χ0v) is 14.3. The van der Waals surface area contributed by atoms with Crippen LogP contribution in [0.3, 0.4) is 0 Å². The number of Topliss-reactive ketones (excluding diaryl/α,β-unsaturated/α-hetero) is 1. The highest BCUT2D eigenvalue weighted by Crippen LogP contribution is 2.13. The fourth-order valence-electron chi connectivity index (χ4n) is 1.96. The minimum Gasteiger partial charge on any atom is -0.453 e. The highest BCUT2D eigenvalue weighted by molar-refractivity contribution is 7.12. The normalized spacial score (nSPS) is 11.2. The van der Waals surface area contributed by atoms with Crippen molar-refractivity contribution in [1.29, 1.82) is 5.26 Å². The van der Waals surface area contributed by atoms with Crippen LogP contribution in [0.4, 0.5) is 5.69 Å². The molecule has 1 N–H and O–H groups in total. The lowest BCUT2D eigenvalue weighted by Gasteiger charge is -2.13. The van der Waals surface area contributed by atoms with Crippen molar-refractivity contribution in [3.05, 3.63) is 52.2 Å². The number of benzene rings is 1. The summed E-state index contributed by atoms with van der Waals surface area (Å²) in [5, 5.41) is 13.1. The van der Waals surface area contributed by atoms with Crippen LogP contribution in [0.2, 0.25) is 0 Å². The van der Waals surface area contributed by atoms with Crippen LogP contribution in [0.1, 0.15) is 35.0 Å². The van der Waals surface area contributed by atoms with E-state index in [4.69, 9.17) is 10.00 Å². The van der Waals surface area contributed by atoms with E-state index in [1.807, 2.05) is 6.07 Å². The molecule has 7 heteroatoms. The number of hydrogen-bond donors (Lipinski definition) is 1. The molecule has 0 radical (unpaired) electrons. The Morgan fingerprint density at radius 2 is 1.92 bits per heavy atom. The van der Waals surface area contributed by atoms with Gasteiger partial charge in [0, 0.05) is 12.1 Å². The molecule has 6 nitrogen and oxygen atoms in total. The van der Waals surface area contributed by atoms with E-state index >= 15 is 0 Å². The molecule has 2 aromatic rings. The van der Waals surface area contributed by atoms with Crippen LogP contribution < -0.4 is 5.32 Å². The van der Waals surface area contributed by atoms with Crippen LogP contribution in [-0.4, -0.2) is 23.8 Å². The molecular weight excluding hydrogens is 340 g/mol. The second kappa shape index (κ2) is 8.76. The van der Waals surface area contributed by atoms with Crippen molar-refractivity contribution in [2.75, 3.05) is 5.32 Å². The second-order valence-electron chi connectivity index (χ2n) is 5.21. The van der Waals surface area contributed by atoms with Crippen molar-refractivity contribution in [1.82, 2.24) is 0 Å². The van der Waals surface area contributed by atoms with Gasteiger partial charge < -0.3 is 10.1 Å². The number of nitrogens with zero attached hydrogens (tertiary/aromatic N) is 1. The van der Waals surface area contributed by atoms with Gasteiger partial charge in [0.1, 0.15) is 0 Å². The Hall–Kier alpha value is -2.98. The van der Waals surface area contributed by atoms with E-state index in [0.29, 0.717) is 16.1 Å². The van der Waals surface area contributed by atoms with E-state index in [0.717, 1.165) is 0 Å². The molecule has 1 amide bonds. The van der Waals surface area contributed by atoms with Crippen molar-refractivity contribution in [3.63, 3.8) is 0 Å². The smallest absolute Gasteiger partial charge is 0.307 e. The number of carbonyl (C=O) groups excluding carboxylic acids is 3. The Bertz CT molecular complexity index is 791. The first-order valence-corrected chi connectivity index (χ1v) is 8.45. The van der Waals surface area contributed by atoms with Gasteiger partial charge in [-0.1, -0.05) is 6.07 Å². The van der Waals surface area contributed by atoms with Gasteiger partial charge in [0.25, 0.3) is 5.91 Å². The minimum absolute atomic E-state index is 0.0449.